The van der Waals surface area contributed by atoms with Gasteiger partial charge in [-0.1, -0.05) is 41.8 Å². The van der Waals surface area contributed by atoms with E-state index in [0.717, 1.165) is 31.6 Å². The molecule has 0 aliphatic carbocycles. The summed E-state index contributed by atoms with van der Waals surface area (Å²) in [5.41, 5.74) is 1.09. The van der Waals surface area contributed by atoms with Crippen LogP contribution in [0.5, 0.6) is 0 Å². The van der Waals surface area contributed by atoms with E-state index in [2.05, 4.69) is 17.0 Å². The molecule has 1 aromatic carbocycles. The molecule has 0 fully saturated rings. The molecule has 0 spiro atoms. The molecule has 2 rings (SSSR count). The number of rotatable bonds is 8. The van der Waals surface area contributed by atoms with E-state index >= 15 is 0 Å². The maximum absolute atomic E-state index is 6.21. The third kappa shape index (κ3) is 5.34. The SMILES string of the molecule is CN(CCCCCn1cccn1)Cc1cccc(Cl)c1Cl. The highest BCUT2D eigenvalue weighted by atomic mass is 35.5. The normalized spacial score (nSPS) is 11.2. The average Bonchev–Trinajstić information content (AvgIpc) is 2.97. The van der Waals surface area contributed by atoms with Crippen LogP contribution >= 0.6 is 23.2 Å². The fourth-order valence-corrected chi connectivity index (χ4v) is 2.69. The predicted molar refractivity (Wildman–Crippen MR) is 88.9 cm³/mol. The van der Waals surface area contributed by atoms with Gasteiger partial charge in [-0.25, -0.2) is 0 Å². The molecular weight excluding hydrogens is 305 g/mol. The van der Waals surface area contributed by atoms with Crippen LogP contribution in [0.15, 0.2) is 36.7 Å². The highest BCUT2D eigenvalue weighted by molar-refractivity contribution is 6.42. The minimum atomic E-state index is 0.627. The van der Waals surface area contributed by atoms with Gasteiger partial charge in [-0.05, 0) is 44.1 Å². The predicted octanol–water partition coefficient (Wildman–Crippen LogP) is 4.49. The molecule has 0 atom stereocenters. The van der Waals surface area contributed by atoms with Crippen molar-refractivity contribution in [3.8, 4) is 0 Å². The summed E-state index contributed by atoms with van der Waals surface area (Å²) in [6.45, 7) is 2.89. The van der Waals surface area contributed by atoms with Crippen molar-refractivity contribution in [3.63, 3.8) is 0 Å². The molecule has 1 heterocycles. The Balaban J connectivity index is 1.65. The van der Waals surface area contributed by atoms with Gasteiger partial charge in [-0.15, -0.1) is 0 Å². The molecule has 0 unspecified atom stereocenters. The molecule has 2 aromatic rings. The molecule has 0 saturated heterocycles. The molecule has 0 N–H and O–H groups in total. The van der Waals surface area contributed by atoms with Gasteiger partial charge >= 0.3 is 0 Å². The van der Waals surface area contributed by atoms with Crippen LogP contribution in [0.25, 0.3) is 0 Å². The molecule has 5 heteroatoms. The van der Waals surface area contributed by atoms with Gasteiger partial charge < -0.3 is 4.90 Å². The molecular formula is C16H21Cl2N3. The number of hydrogen-bond acceptors (Lipinski definition) is 2. The van der Waals surface area contributed by atoms with Gasteiger partial charge in [0.05, 0.1) is 10.0 Å². The Labute approximate surface area is 136 Å². The smallest absolute Gasteiger partial charge is 0.0637 e. The minimum Gasteiger partial charge on any atom is -0.302 e. The number of halogens is 2. The van der Waals surface area contributed by atoms with Crippen molar-refractivity contribution in [2.75, 3.05) is 13.6 Å². The zero-order valence-electron chi connectivity index (χ0n) is 12.3. The van der Waals surface area contributed by atoms with E-state index in [4.69, 9.17) is 23.2 Å². The summed E-state index contributed by atoms with van der Waals surface area (Å²) in [6, 6.07) is 7.76. The van der Waals surface area contributed by atoms with Crippen molar-refractivity contribution in [1.82, 2.24) is 14.7 Å². The lowest BCUT2D eigenvalue weighted by molar-refractivity contribution is 0.315. The van der Waals surface area contributed by atoms with Crippen molar-refractivity contribution in [2.45, 2.75) is 32.4 Å². The van der Waals surface area contributed by atoms with Gasteiger partial charge in [0.2, 0.25) is 0 Å². The standard InChI is InChI=1S/C16H21Cl2N3/c1-20(13-14-7-5-8-15(17)16(14)18)10-3-2-4-11-21-12-6-9-19-21/h5-9,12H,2-4,10-11,13H2,1H3. The number of benzene rings is 1. The second kappa shape index (κ2) is 8.42. The maximum Gasteiger partial charge on any atom is 0.0637 e. The molecule has 0 bridgehead atoms. The highest BCUT2D eigenvalue weighted by Crippen LogP contribution is 2.26. The fourth-order valence-electron chi connectivity index (χ4n) is 2.31. The third-order valence-electron chi connectivity index (χ3n) is 3.46. The summed E-state index contributed by atoms with van der Waals surface area (Å²) >= 11 is 12.2. The molecule has 0 saturated carbocycles. The van der Waals surface area contributed by atoms with Crippen LogP contribution in [0.2, 0.25) is 10.0 Å². The number of nitrogens with zero attached hydrogens (tertiary/aromatic N) is 3. The first-order valence-electron chi connectivity index (χ1n) is 7.25. The van der Waals surface area contributed by atoms with E-state index in [-0.39, 0.29) is 0 Å². The topological polar surface area (TPSA) is 21.1 Å². The van der Waals surface area contributed by atoms with Crippen molar-refractivity contribution >= 4 is 23.2 Å². The van der Waals surface area contributed by atoms with E-state index in [0.29, 0.717) is 10.0 Å². The fraction of sp³-hybridized carbons (Fsp3) is 0.438. The van der Waals surface area contributed by atoms with Crippen molar-refractivity contribution < 1.29 is 0 Å². The van der Waals surface area contributed by atoms with Crippen LogP contribution < -0.4 is 0 Å². The quantitative estimate of drug-likeness (QED) is 0.666. The molecule has 1 aromatic heterocycles. The largest absolute Gasteiger partial charge is 0.302 e. The van der Waals surface area contributed by atoms with Gasteiger partial charge in [-0.3, -0.25) is 4.68 Å². The first kappa shape index (κ1) is 16.3. The number of aryl methyl sites for hydroxylation is 1. The highest BCUT2D eigenvalue weighted by Gasteiger charge is 2.07. The van der Waals surface area contributed by atoms with Crippen LogP contribution in [-0.4, -0.2) is 28.3 Å². The molecule has 21 heavy (non-hydrogen) atoms. The molecule has 114 valence electrons. The van der Waals surface area contributed by atoms with Crippen LogP contribution in [0, 0.1) is 0 Å². The summed E-state index contributed by atoms with van der Waals surface area (Å²) in [5.74, 6) is 0. The second-order valence-corrected chi connectivity index (χ2v) is 6.07. The minimum absolute atomic E-state index is 0.627. The Kier molecular flexibility index (Phi) is 6.55. The number of unbranched alkanes of at least 4 members (excludes halogenated alkanes) is 2. The zero-order chi connectivity index (χ0) is 15.1. The van der Waals surface area contributed by atoms with E-state index in [9.17, 15) is 0 Å². The number of hydrogen-bond donors (Lipinski definition) is 0. The Bertz CT molecular complexity index is 540. The molecule has 0 amide bonds. The van der Waals surface area contributed by atoms with Gasteiger partial charge in [0.1, 0.15) is 0 Å². The van der Waals surface area contributed by atoms with Gasteiger partial charge in [0.15, 0.2) is 0 Å². The lowest BCUT2D eigenvalue weighted by Crippen LogP contribution is -2.19. The monoisotopic (exact) mass is 325 g/mol. The van der Waals surface area contributed by atoms with Crippen LogP contribution in [0.1, 0.15) is 24.8 Å². The number of aromatic nitrogens is 2. The first-order chi connectivity index (χ1) is 10.2. The van der Waals surface area contributed by atoms with E-state index in [1.54, 1.807) is 0 Å². The lowest BCUT2D eigenvalue weighted by atomic mass is 10.2. The van der Waals surface area contributed by atoms with Crippen LogP contribution in [0.4, 0.5) is 0 Å². The Hall–Kier alpha value is -1.03. The zero-order valence-corrected chi connectivity index (χ0v) is 13.8. The lowest BCUT2D eigenvalue weighted by Gasteiger charge is -2.17. The molecule has 0 aliphatic heterocycles. The Morgan fingerprint density at radius 1 is 1.14 bits per heavy atom. The summed E-state index contributed by atoms with van der Waals surface area (Å²) in [7, 11) is 2.12. The summed E-state index contributed by atoms with van der Waals surface area (Å²) < 4.78 is 1.98. The van der Waals surface area contributed by atoms with E-state index in [1.165, 1.54) is 12.8 Å². The van der Waals surface area contributed by atoms with Gasteiger partial charge in [0.25, 0.3) is 0 Å². The summed E-state index contributed by atoms with van der Waals surface area (Å²) in [4.78, 5) is 2.28. The third-order valence-corrected chi connectivity index (χ3v) is 4.32. The maximum atomic E-state index is 6.21. The molecule has 0 radical (unpaired) electrons. The van der Waals surface area contributed by atoms with Crippen molar-refractivity contribution in [1.29, 1.82) is 0 Å². The average molecular weight is 326 g/mol. The van der Waals surface area contributed by atoms with E-state index in [1.807, 2.05) is 41.3 Å². The molecule has 3 nitrogen and oxygen atoms in total. The van der Waals surface area contributed by atoms with Crippen molar-refractivity contribution in [2.24, 2.45) is 0 Å². The summed E-state index contributed by atoms with van der Waals surface area (Å²) in [6.07, 6.45) is 7.37. The Morgan fingerprint density at radius 3 is 2.76 bits per heavy atom. The van der Waals surface area contributed by atoms with Gasteiger partial charge in [-0.2, -0.15) is 5.10 Å². The van der Waals surface area contributed by atoms with Gasteiger partial charge in [0, 0.05) is 25.5 Å². The van der Waals surface area contributed by atoms with Crippen LogP contribution in [-0.2, 0) is 13.1 Å². The molecule has 0 aliphatic rings. The summed E-state index contributed by atoms with van der Waals surface area (Å²) in [5, 5.41) is 5.50. The first-order valence-corrected chi connectivity index (χ1v) is 8.01. The Morgan fingerprint density at radius 2 is 2.00 bits per heavy atom. The van der Waals surface area contributed by atoms with Crippen LogP contribution in [0.3, 0.4) is 0 Å². The van der Waals surface area contributed by atoms with E-state index < -0.39 is 0 Å². The second-order valence-electron chi connectivity index (χ2n) is 5.28. The van der Waals surface area contributed by atoms with Crippen molar-refractivity contribution in [3.05, 3.63) is 52.3 Å².